The van der Waals surface area contributed by atoms with Crippen LogP contribution in [-0.4, -0.2) is 14.1 Å². The number of nitrogens with zero attached hydrogens (tertiary/aromatic N) is 3. The SMILES string of the molecule is c1ccc(-n2c3ccccc3c3cc(-c4ccc5c(c4)c4cccnc4n5-c4ccccc4)ccc32)cc1. The van der Waals surface area contributed by atoms with Crippen LogP contribution in [0.25, 0.3) is 66.2 Å². The van der Waals surface area contributed by atoms with Crippen molar-refractivity contribution in [1.29, 1.82) is 0 Å². The molecule has 3 heterocycles. The maximum Gasteiger partial charge on any atom is 0.145 e. The number of para-hydroxylation sites is 3. The molecule has 5 aromatic carbocycles. The molecule has 38 heavy (non-hydrogen) atoms. The van der Waals surface area contributed by atoms with Gasteiger partial charge >= 0.3 is 0 Å². The molecule has 0 fully saturated rings. The molecule has 178 valence electrons. The molecular formula is C35H23N3. The smallest absolute Gasteiger partial charge is 0.145 e. The third-order valence-electron chi connectivity index (χ3n) is 7.56. The molecule has 0 unspecified atom stereocenters. The monoisotopic (exact) mass is 485 g/mol. The first-order valence-electron chi connectivity index (χ1n) is 12.9. The lowest BCUT2D eigenvalue weighted by molar-refractivity contribution is 1.14. The molecule has 8 aromatic rings. The van der Waals surface area contributed by atoms with E-state index in [1.54, 1.807) is 0 Å². The molecule has 3 heteroatoms. The Morgan fingerprint density at radius 2 is 0.921 bits per heavy atom. The number of fused-ring (bicyclic) bond motifs is 6. The van der Waals surface area contributed by atoms with Crippen LogP contribution in [0.3, 0.4) is 0 Å². The van der Waals surface area contributed by atoms with Crippen LogP contribution in [-0.2, 0) is 0 Å². The zero-order valence-electron chi connectivity index (χ0n) is 20.6. The highest BCUT2D eigenvalue weighted by atomic mass is 15.0. The number of pyridine rings is 1. The van der Waals surface area contributed by atoms with E-state index >= 15 is 0 Å². The summed E-state index contributed by atoms with van der Waals surface area (Å²) in [4.78, 5) is 4.76. The lowest BCUT2D eigenvalue weighted by Gasteiger charge is -2.09. The van der Waals surface area contributed by atoms with Crippen LogP contribution >= 0.6 is 0 Å². The maximum atomic E-state index is 4.76. The minimum atomic E-state index is 0.979. The van der Waals surface area contributed by atoms with E-state index in [2.05, 4.69) is 130 Å². The summed E-state index contributed by atoms with van der Waals surface area (Å²) in [6, 6.07) is 47.6. The largest absolute Gasteiger partial charge is 0.309 e. The van der Waals surface area contributed by atoms with Gasteiger partial charge in [0.25, 0.3) is 0 Å². The summed E-state index contributed by atoms with van der Waals surface area (Å²) < 4.78 is 4.61. The van der Waals surface area contributed by atoms with Gasteiger partial charge in [0, 0.05) is 39.1 Å². The van der Waals surface area contributed by atoms with E-state index in [1.165, 1.54) is 44.0 Å². The summed E-state index contributed by atoms with van der Waals surface area (Å²) >= 11 is 0. The number of hydrogen-bond donors (Lipinski definition) is 0. The van der Waals surface area contributed by atoms with Crippen LogP contribution in [0.2, 0.25) is 0 Å². The molecular weight excluding hydrogens is 462 g/mol. The van der Waals surface area contributed by atoms with Crippen LogP contribution in [0.1, 0.15) is 0 Å². The van der Waals surface area contributed by atoms with E-state index in [-0.39, 0.29) is 0 Å². The molecule has 0 N–H and O–H groups in total. The predicted molar refractivity (Wildman–Crippen MR) is 158 cm³/mol. The van der Waals surface area contributed by atoms with Gasteiger partial charge in [-0.05, 0) is 77.9 Å². The molecule has 3 nitrogen and oxygen atoms in total. The Labute approximate surface area is 219 Å². The fourth-order valence-electron chi connectivity index (χ4n) is 5.87. The fourth-order valence-corrected chi connectivity index (χ4v) is 5.87. The highest BCUT2D eigenvalue weighted by molar-refractivity contribution is 6.12. The summed E-state index contributed by atoms with van der Waals surface area (Å²) in [5.41, 5.74) is 9.28. The summed E-state index contributed by atoms with van der Waals surface area (Å²) in [6.07, 6.45) is 1.87. The van der Waals surface area contributed by atoms with Crippen molar-refractivity contribution >= 4 is 43.7 Å². The quantitative estimate of drug-likeness (QED) is 0.245. The van der Waals surface area contributed by atoms with Gasteiger partial charge in [-0.3, -0.25) is 4.57 Å². The van der Waals surface area contributed by atoms with Crippen molar-refractivity contribution < 1.29 is 0 Å². The third-order valence-corrected chi connectivity index (χ3v) is 7.56. The number of benzene rings is 5. The van der Waals surface area contributed by atoms with Gasteiger partial charge in [-0.1, -0.05) is 66.7 Å². The summed E-state index contributed by atoms with van der Waals surface area (Å²) in [5, 5.41) is 4.89. The Balaban J connectivity index is 1.36. The summed E-state index contributed by atoms with van der Waals surface area (Å²) in [7, 11) is 0. The minimum Gasteiger partial charge on any atom is -0.309 e. The first kappa shape index (κ1) is 21.0. The molecule has 3 aromatic heterocycles. The normalized spacial score (nSPS) is 11.7. The Kier molecular flexibility index (Phi) is 4.52. The molecule has 0 saturated heterocycles. The molecule has 0 spiro atoms. The van der Waals surface area contributed by atoms with Gasteiger partial charge in [0.2, 0.25) is 0 Å². The number of hydrogen-bond acceptors (Lipinski definition) is 1. The van der Waals surface area contributed by atoms with E-state index in [4.69, 9.17) is 4.98 Å². The van der Waals surface area contributed by atoms with Crippen LogP contribution in [0.5, 0.6) is 0 Å². The molecule has 0 aliphatic carbocycles. The van der Waals surface area contributed by atoms with E-state index < -0.39 is 0 Å². The Morgan fingerprint density at radius 1 is 0.395 bits per heavy atom. The van der Waals surface area contributed by atoms with Gasteiger partial charge in [-0.2, -0.15) is 0 Å². The Bertz CT molecular complexity index is 1960. The minimum absolute atomic E-state index is 0.979. The maximum absolute atomic E-state index is 4.76. The Morgan fingerprint density at radius 3 is 1.63 bits per heavy atom. The van der Waals surface area contributed by atoms with Crippen molar-refractivity contribution in [3.63, 3.8) is 0 Å². The molecule has 0 atom stereocenters. The van der Waals surface area contributed by atoms with Gasteiger partial charge in [0.05, 0.1) is 16.6 Å². The highest BCUT2D eigenvalue weighted by Gasteiger charge is 2.16. The zero-order valence-corrected chi connectivity index (χ0v) is 20.6. The van der Waals surface area contributed by atoms with Gasteiger partial charge in [-0.25, -0.2) is 4.98 Å². The van der Waals surface area contributed by atoms with Crippen molar-refractivity contribution in [2.45, 2.75) is 0 Å². The van der Waals surface area contributed by atoms with Crippen LogP contribution in [0, 0.1) is 0 Å². The standard InChI is InChI=1S/C35H23N3/c1-3-10-26(11-4-1)37-32-16-8-7-14-28(32)30-22-24(17-19-33(30)37)25-18-20-34-31(23-25)29-15-9-21-36-35(29)38(34)27-12-5-2-6-13-27/h1-23H. The number of rotatable bonds is 3. The molecule has 8 rings (SSSR count). The molecule has 0 aliphatic rings. The first-order chi connectivity index (χ1) is 18.9. The topological polar surface area (TPSA) is 22.8 Å². The highest BCUT2D eigenvalue weighted by Crippen LogP contribution is 2.37. The first-order valence-corrected chi connectivity index (χ1v) is 12.9. The van der Waals surface area contributed by atoms with Crippen molar-refractivity contribution in [2.75, 3.05) is 0 Å². The summed E-state index contributed by atoms with van der Waals surface area (Å²) in [5.74, 6) is 0. The molecule has 0 radical (unpaired) electrons. The number of aromatic nitrogens is 3. The lowest BCUT2D eigenvalue weighted by atomic mass is 10.0. The van der Waals surface area contributed by atoms with Gasteiger partial charge in [0.15, 0.2) is 0 Å². The van der Waals surface area contributed by atoms with Crippen LogP contribution in [0.15, 0.2) is 140 Å². The average Bonchev–Trinajstić information content (AvgIpc) is 3.50. The van der Waals surface area contributed by atoms with Gasteiger partial charge in [0.1, 0.15) is 5.65 Å². The van der Waals surface area contributed by atoms with Crippen molar-refractivity contribution in [1.82, 2.24) is 14.1 Å². The zero-order chi connectivity index (χ0) is 25.1. The van der Waals surface area contributed by atoms with Crippen LogP contribution < -0.4 is 0 Å². The van der Waals surface area contributed by atoms with Gasteiger partial charge in [-0.15, -0.1) is 0 Å². The van der Waals surface area contributed by atoms with E-state index in [0.29, 0.717) is 0 Å². The van der Waals surface area contributed by atoms with Crippen LogP contribution in [0.4, 0.5) is 0 Å². The Hall–Kier alpha value is -5.15. The van der Waals surface area contributed by atoms with Gasteiger partial charge < -0.3 is 4.57 Å². The predicted octanol–water partition coefficient (Wildman–Crippen LogP) is 8.94. The van der Waals surface area contributed by atoms with E-state index in [0.717, 1.165) is 22.2 Å². The molecule has 0 aliphatic heterocycles. The van der Waals surface area contributed by atoms with Crippen molar-refractivity contribution in [2.24, 2.45) is 0 Å². The van der Waals surface area contributed by atoms with Crippen molar-refractivity contribution in [3.8, 4) is 22.5 Å². The summed E-state index contributed by atoms with van der Waals surface area (Å²) in [6.45, 7) is 0. The average molecular weight is 486 g/mol. The second-order valence-electron chi connectivity index (χ2n) is 9.70. The third kappa shape index (κ3) is 3.06. The fraction of sp³-hybridized carbons (Fsp3) is 0. The van der Waals surface area contributed by atoms with E-state index in [9.17, 15) is 0 Å². The molecule has 0 bridgehead atoms. The second kappa shape index (κ2) is 8.19. The van der Waals surface area contributed by atoms with E-state index in [1.807, 2.05) is 18.3 Å². The molecule has 0 amide bonds. The van der Waals surface area contributed by atoms with Crippen molar-refractivity contribution in [3.05, 3.63) is 140 Å². The second-order valence-corrected chi connectivity index (χ2v) is 9.70. The molecule has 0 saturated carbocycles. The lowest BCUT2D eigenvalue weighted by Crippen LogP contribution is -1.94.